The van der Waals surface area contributed by atoms with Gasteiger partial charge in [-0.1, -0.05) is 5.16 Å². The first kappa shape index (κ1) is 12.0. The van der Waals surface area contributed by atoms with E-state index in [2.05, 4.69) is 10.5 Å². The smallest absolute Gasteiger partial charge is 0.358 e. The van der Waals surface area contributed by atoms with E-state index in [4.69, 9.17) is 14.4 Å². The molecule has 1 aliphatic heterocycles. The molecule has 94 valence electrons. The summed E-state index contributed by atoms with van der Waals surface area (Å²) in [4.78, 5) is 10.5. The Labute approximate surface area is 97.4 Å². The van der Waals surface area contributed by atoms with Gasteiger partial charge in [0.15, 0.2) is 11.5 Å². The highest BCUT2D eigenvalue weighted by molar-refractivity contribution is 5.85. The van der Waals surface area contributed by atoms with Gasteiger partial charge < -0.3 is 24.8 Å². The standard InChI is InChI=1S/C10H14N2O5/c13-9(14)8-3-7(17-12-8)4-11-5-10(15)1-2-16-6-10/h3,11,15H,1-2,4-6H2,(H,13,14). The second-order valence-electron chi connectivity index (χ2n) is 4.11. The fourth-order valence-corrected chi connectivity index (χ4v) is 1.65. The third-order valence-electron chi connectivity index (χ3n) is 2.61. The number of carboxylic acids is 1. The quantitative estimate of drug-likeness (QED) is 0.646. The largest absolute Gasteiger partial charge is 0.476 e. The molecule has 3 N–H and O–H groups in total. The third-order valence-corrected chi connectivity index (χ3v) is 2.61. The van der Waals surface area contributed by atoms with Gasteiger partial charge in [0.05, 0.1) is 13.2 Å². The zero-order valence-corrected chi connectivity index (χ0v) is 9.18. The minimum atomic E-state index is -1.12. The van der Waals surface area contributed by atoms with E-state index in [0.29, 0.717) is 38.5 Å². The van der Waals surface area contributed by atoms with Crippen molar-refractivity contribution in [3.8, 4) is 0 Å². The van der Waals surface area contributed by atoms with Crippen LogP contribution < -0.4 is 5.32 Å². The van der Waals surface area contributed by atoms with Crippen LogP contribution in [-0.4, -0.2) is 46.7 Å². The topological polar surface area (TPSA) is 105 Å². The van der Waals surface area contributed by atoms with Crippen LogP contribution >= 0.6 is 0 Å². The van der Waals surface area contributed by atoms with Gasteiger partial charge in [-0.2, -0.15) is 0 Å². The highest BCUT2D eigenvalue weighted by atomic mass is 16.5. The Morgan fingerprint density at radius 1 is 1.65 bits per heavy atom. The summed E-state index contributed by atoms with van der Waals surface area (Å²) in [5, 5.41) is 24.9. The van der Waals surface area contributed by atoms with Crippen molar-refractivity contribution < 1.29 is 24.3 Å². The number of carbonyl (C=O) groups is 1. The number of aromatic carboxylic acids is 1. The lowest BCUT2D eigenvalue weighted by Crippen LogP contribution is -2.40. The molecule has 1 atom stereocenters. The van der Waals surface area contributed by atoms with Crippen molar-refractivity contribution >= 4 is 5.97 Å². The molecular weight excluding hydrogens is 228 g/mol. The first-order valence-electron chi connectivity index (χ1n) is 5.29. The summed E-state index contributed by atoms with van der Waals surface area (Å²) < 4.78 is 9.91. The number of nitrogens with one attached hydrogen (secondary N) is 1. The second kappa shape index (κ2) is 4.82. The van der Waals surface area contributed by atoms with Gasteiger partial charge >= 0.3 is 5.97 Å². The van der Waals surface area contributed by atoms with Crippen LogP contribution in [0.5, 0.6) is 0 Å². The molecule has 0 amide bonds. The predicted octanol–water partition coefficient (Wildman–Crippen LogP) is -0.386. The Morgan fingerprint density at radius 2 is 2.47 bits per heavy atom. The SMILES string of the molecule is O=C(O)c1cc(CNCC2(O)CCOC2)on1. The van der Waals surface area contributed by atoms with Crippen molar-refractivity contribution in [1.29, 1.82) is 0 Å². The van der Waals surface area contributed by atoms with Crippen LogP contribution in [0.1, 0.15) is 22.7 Å². The Morgan fingerprint density at radius 3 is 3.06 bits per heavy atom. The van der Waals surface area contributed by atoms with Crippen molar-refractivity contribution in [3.63, 3.8) is 0 Å². The van der Waals surface area contributed by atoms with Crippen molar-refractivity contribution in [3.05, 3.63) is 17.5 Å². The van der Waals surface area contributed by atoms with Gasteiger partial charge in [-0.25, -0.2) is 4.79 Å². The van der Waals surface area contributed by atoms with E-state index in [0.717, 1.165) is 0 Å². The van der Waals surface area contributed by atoms with Gasteiger partial charge in [-0.05, 0) is 0 Å². The third kappa shape index (κ3) is 3.02. The summed E-state index contributed by atoms with van der Waals surface area (Å²) in [5.41, 5.74) is -0.958. The average Bonchev–Trinajstić information content (AvgIpc) is 2.88. The van der Waals surface area contributed by atoms with E-state index in [1.165, 1.54) is 6.07 Å². The number of hydrogen-bond acceptors (Lipinski definition) is 6. The summed E-state index contributed by atoms with van der Waals surface area (Å²) in [7, 11) is 0. The Hall–Kier alpha value is -1.44. The van der Waals surface area contributed by atoms with E-state index in [1.54, 1.807) is 0 Å². The molecule has 0 radical (unpaired) electrons. The number of carboxylic acid groups (broad SMARTS) is 1. The molecule has 2 heterocycles. The number of nitrogens with zero attached hydrogens (tertiary/aromatic N) is 1. The molecule has 1 saturated heterocycles. The van der Waals surface area contributed by atoms with Gasteiger partial charge in [0.2, 0.25) is 0 Å². The van der Waals surface area contributed by atoms with Gasteiger partial charge in [-0.3, -0.25) is 0 Å². The van der Waals surface area contributed by atoms with E-state index in [9.17, 15) is 9.90 Å². The normalized spacial score (nSPS) is 24.1. The highest BCUT2D eigenvalue weighted by Gasteiger charge is 2.31. The molecule has 1 aliphatic rings. The molecule has 0 saturated carbocycles. The molecule has 1 fully saturated rings. The lowest BCUT2D eigenvalue weighted by Gasteiger charge is -2.20. The van der Waals surface area contributed by atoms with Crippen LogP contribution in [0.2, 0.25) is 0 Å². The van der Waals surface area contributed by atoms with Crippen molar-refractivity contribution in [2.45, 2.75) is 18.6 Å². The minimum Gasteiger partial charge on any atom is -0.476 e. The zero-order valence-electron chi connectivity index (χ0n) is 9.18. The van der Waals surface area contributed by atoms with Crippen LogP contribution in [-0.2, 0) is 11.3 Å². The van der Waals surface area contributed by atoms with E-state index >= 15 is 0 Å². The molecule has 1 aromatic rings. The highest BCUT2D eigenvalue weighted by Crippen LogP contribution is 2.17. The Balaban J connectivity index is 1.79. The number of aliphatic hydroxyl groups is 1. The molecule has 0 bridgehead atoms. The molecule has 7 heteroatoms. The fourth-order valence-electron chi connectivity index (χ4n) is 1.65. The molecule has 1 aromatic heterocycles. The summed E-state index contributed by atoms with van der Waals surface area (Å²) >= 11 is 0. The van der Waals surface area contributed by atoms with E-state index < -0.39 is 11.6 Å². The number of ether oxygens (including phenoxy) is 1. The fraction of sp³-hybridized carbons (Fsp3) is 0.600. The average molecular weight is 242 g/mol. The van der Waals surface area contributed by atoms with Gasteiger partial charge in [-0.15, -0.1) is 0 Å². The van der Waals surface area contributed by atoms with Crippen molar-refractivity contribution in [2.75, 3.05) is 19.8 Å². The molecule has 2 rings (SSSR count). The molecule has 7 nitrogen and oxygen atoms in total. The monoisotopic (exact) mass is 242 g/mol. The van der Waals surface area contributed by atoms with Gasteiger partial charge in [0.1, 0.15) is 5.60 Å². The molecular formula is C10H14N2O5. The first-order valence-corrected chi connectivity index (χ1v) is 5.29. The molecule has 0 spiro atoms. The molecule has 1 unspecified atom stereocenters. The number of rotatable bonds is 5. The van der Waals surface area contributed by atoms with Crippen LogP contribution in [0.25, 0.3) is 0 Å². The lowest BCUT2D eigenvalue weighted by atomic mass is 10.0. The van der Waals surface area contributed by atoms with Crippen LogP contribution in [0.3, 0.4) is 0 Å². The summed E-state index contributed by atoms with van der Waals surface area (Å²) in [6.07, 6.45) is 0.594. The van der Waals surface area contributed by atoms with Crippen LogP contribution in [0.15, 0.2) is 10.6 Å². The van der Waals surface area contributed by atoms with Crippen LogP contribution in [0, 0.1) is 0 Å². The second-order valence-corrected chi connectivity index (χ2v) is 4.11. The summed E-state index contributed by atoms with van der Waals surface area (Å²) in [5.74, 6) is -0.701. The summed E-state index contributed by atoms with van der Waals surface area (Å²) in [6.45, 7) is 1.57. The zero-order chi connectivity index (χ0) is 12.3. The maximum Gasteiger partial charge on any atom is 0.358 e. The lowest BCUT2D eigenvalue weighted by molar-refractivity contribution is 0.0264. The maximum atomic E-state index is 10.5. The Bertz CT molecular complexity index is 397. The van der Waals surface area contributed by atoms with E-state index in [1.807, 2.05) is 0 Å². The Kier molecular flexibility index (Phi) is 3.41. The van der Waals surface area contributed by atoms with Crippen molar-refractivity contribution in [2.24, 2.45) is 0 Å². The van der Waals surface area contributed by atoms with Gasteiger partial charge in [0.25, 0.3) is 0 Å². The number of aromatic nitrogens is 1. The van der Waals surface area contributed by atoms with Crippen molar-refractivity contribution in [1.82, 2.24) is 10.5 Å². The molecule has 0 aliphatic carbocycles. The summed E-state index contributed by atoms with van der Waals surface area (Å²) in [6, 6.07) is 1.35. The number of hydrogen-bond donors (Lipinski definition) is 3. The molecule has 17 heavy (non-hydrogen) atoms. The van der Waals surface area contributed by atoms with Crippen LogP contribution in [0.4, 0.5) is 0 Å². The first-order chi connectivity index (χ1) is 8.09. The van der Waals surface area contributed by atoms with E-state index in [-0.39, 0.29) is 5.69 Å². The maximum absolute atomic E-state index is 10.5. The predicted molar refractivity (Wildman–Crippen MR) is 55.6 cm³/mol. The minimum absolute atomic E-state index is 0.121. The molecule has 0 aromatic carbocycles. The van der Waals surface area contributed by atoms with Gasteiger partial charge in [0, 0.05) is 25.6 Å².